The lowest BCUT2D eigenvalue weighted by atomic mass is 10.2. The van der Waals surface area contributed by atoms with Crippen molar-refractivity contribution in [1.29, 1.82) is 0 Å². The lowest BCUT2D eigenvalue weighted by molar-refractivity contribution is 0.0696. The molecule has 0 bridgehead atoms. The summed E-state index contributed by atoms with van der Waals surface area (Å²) in [5.41, 5.74) is 0.0860. The zero-order valence-electron chi connectivity index (χ0n) is 9.06. The van der Waals surface area contributed by atoms with Crippen LogP contribution in [0.5, 0.6) is 11.5 Å². The first-order chi connectivity index (χ1) is 8.56. The van der Waals surface area contributed by atoms with Crippen LogP contribution < -0.4 is 4.74 Å². The first-order valence-corrected chi connectivity index (χ1v) is 5.82. The monoisotopic (exact) mass is 310 g/mol. The third-order valence-corrected chi connectivity index (χ3v) is 2.70. The second-order valence-electron chi connectivity index (χ2n) is 3.51. The Morgan fingerprint density at radius 2 is 2.00 bits per heavy atom. The van der Waals surface area contributed by atoms with Gasteiger partial charge in [-0.1, -0.05) is 22.0 Å². The Kier molecular flexibility index (Phi) is 3.62. The fraction of sp³-hybridized carbons (Fsp3) is 0. The van der Waals surface area contributed by atoms with Gasteiger partial charge in [0.05, 0.1) is 5.56 Å². The zero-order chi connectivity index (χ0) is 13.1. The summed E-state index contributed by atoms with van der Waals surface area (Å²) in [7, 11) is 0. The van der Waals surface area contributed by atoms with E-state index in [9.17, 15) is 9.18 Å². The molecule has 3 nitrogen and oxygen atoms in total. The maximum absolute atomic E-state index is 13.5. The van der Waals surface area contributed by atoms with Gasteiger partial charge in [0.2, 0.25) is 0 Å². The van der Waals surface area contributed by atoms with E-state index in [0.717, 1.165) is 0 Å². The van der Waals surface area contributed by atoms with Crippen molar-refractivity contribution in [3.8, 4) is 11.5 Å². The normalized spacial score (nSPS) is 10.1. The molecule has 0 heterocycles. The average molecular weight is 311 g/mol. The van der Waals surface area contributed by atoms with E-state index in [1.54, 1.807) is 12.1 Å². The molecule has 5 heteroatoms. The molecule has 0 aliphatic rings. The van der Waals surface area contributed by atoms with Crippen LogP contribution >= 0.6 is 15.9 Å². The number of rotatable bonds is 3. The molecule has 0 amide bonds. The summed E-state index contributed by atoms with van der Waals surface area (Å²) in [6.45, 7) is 0. The third-order valence-electron chi connectivity index (χ3n) is 2.20. The summed E-state index contributed by atoms with van der Waals surface area (Å²) < 4.78 is 19.4. The van der Waals surface area contributed by atoms with E-state index in [-0.39, 0.29) is 17.1 Å². The average Bonchev–Trinajstić information content (AvgIpc) is 2.34. The number of carbonyl (C=O) groups is 1. The van der Waals surface area contributed by atoms with Gasteiger partial charge < -0.3 is 9.84 Å². The van der Waals surface area contributed by atoms with Gasteiger partial charge in [-0.2, -0.15) is 0 Å². The molecule has 0 spiro atoms. The minimum Gasteiger partial charge on any atom is -0.478 e. The second kappa shape index (κ2) is 5.18. The Balaban J connectivity index is 2.31. The first kappa shape index (κ1) is 12.6. The van der Waals surface area contributed by atoms with Crippen LogP contribution in [0.25, 0.3) is 0 Å². The topological polar surface area (TPSA) is 46.5 Å². The van der Waals surface area contributed by atoms with Crippen molar-refractivity contribution in [3.63, 3.8) is 0 Å². The van der Waals surface area contributed by atoms with Gasteiger partial charge in [-0.25, -0.2) is 9.18 Å². The van der Waals surface area contributed by atoms with Gasteiger partial charge in [-0.3, -0.25) is 0 Å². The number of hydrogen-bond acceptors (Lipinski definition) is 2. The zero-order valence-corrected chi connectivity index (χ0v) is 10.6. The van der Waals surface area contributed by atoms with E-state index in [1.807, 2.05) is 0 Å². The molecule has 0 aromatic heterocycles. The molecule has 0 atom stereocenters. The van der Waals surface area contributed by atoms with Crippen LogP contribution in [0.15, 0.2) is 46.9 Å². The minimum absolute atomic E-state index is 0.0342. The predicted molar refractivity (Wildman–Crippen MR) is 67.6 cm³/mol. The smallest absolute Gasteiger partial charge is 0.335 e. The van der Waals surface area contributed by atoms with Crippen LogP contribution in [0.3, 0.4) is 0 Å². The van der Waals surface area contributed by atoms with Gasteiger partial charge in [0, 0.05) is 4.47 Å². The van der Waals surface area contributed by atoms with E-state index < -0.39 is 11.8 Å². The van der Waals surface area contributed by atoms with Gasteiger partial charge in [-0.15, -0.1) is 0 Å². The molecule has 18 heavy (non-hydrogen) atoms. The maximum atomic E-state index is 13.5. The van der Waals surface area contributed by atoms with Gasteiger partial charge in [0.25, 0.3) is 0 Å². The lowest BCUT2D eigenvalue weighted by Gasteiger charge is -2.07. The van der Waals surface area contributed by atoms with E-state index >= 15 is 0 Å². The molecule has 0 fully saturated rings. The highest BCUT2D eigenvalue weighted by Gasteiger charge is 2.08. The maximum Gasteiger partial charge on any atom is 0.335 e. The van der Waals surface area contributed by atoms with Gasteiger partial charge in [0.1, 0.15) is 5.75 Å². The highest BCUT2D eigenvalue weighted by molar-refractivity contribution is 9.10. The molecule has 0 aliphatic heterocycles. The van der Waals surface area contributed by atoms with Gasteiger partial charge in [-0.05, 0) is 36.4 Å². The van der Waals surface area contributed by atoms with Crippen molar-refractivity contribution >= 4 is 21.9 Å². The number of hydrogen-bond donors (Lipinski definition) is 1. The summed E-state index contributed by atoms with van der Waals surface area (Å²) in [6.07, 6.45) is 0. The molecule has 0 unspecified atom stereocenters. The van der Waals surface area contributed by atoms with Gasteiger partial charge >= 0.3 is 5.97 Å². The van der Waals surface area contributed by atoms with Crippen LogP contribution in [0, 0.1) is 5.82 Å². The predicted octanol–water partition coefficient (Wildman–Crippen LogP) is 4.08. The number of ether oxygens (including phenoxy) is 1. The quantitative estimate of drug-likeness (QED) is 0.929. The van der Waals surface area contributed by atoms with Crippen molar-refractivity contribution in [2.45, 2.75) is 0 Å². The van der Waals surface area contributed by atoms with E-state index in [4.69, 9.17) is 9.84 Å². The Hall–Kier alpha value is -1.88. The standard InChI is InChI=1S/C13H8BrFO3/c14-9-4-5-11(15)12(7-9)18-10-3-1-2-8(6-10)13(16)17/h1-7H,(H,16,17). The van der Waals surface area contributed by atoms with Crippen LogP contribution in [0.2, 0.25) is 0 Å². The number of halogens is 2. The Morgan fingerprint density at radius 3 is 2.72 bits per heavy atom. The molecule has 0 radical (unpaired) electrons. The molecule has 2 rings (SSSR count). The first-order valence-electron chi connectivity index (χ1n) is 5.02. The van der Waals surface area contributed by atoms with E-state index in [0.29, 0.717) is 4.47 Å². The van der Waals surface area contributed by atoms with Crippen LogP contribution in [-0.2, 0) is 0 Å². The Bertz CT molecular complexity index is 599. The molecule has 0 aliphatic carbocycles. The largest absolute Gasteiger partial charge is 0.478 e. The Morgan fingerprint density at radius 1 is 1.22 bits per heavy atom. The lowest BCUT2D eigenvalue weighted by Crippen LogP contribution is -1.96. The summed E-state index contributed by atoms with van der Waals surface area (Å²) in [6, 6.07) is 10.2. The minimum atomic E-state index is -1.06. The fourth-order valence-electron chi connectivity index (χ4n) is 1.37. The second-order valence-corrected chi connectivity index (χ2v) is 4.43. The van der Waals surface area contributed by atoms with Crippen LogP contribution in [0.1, 0.15) is 10.4 Å². The Labute approximate surface area is 111 Å². The van der Waals surface area contributed by atoms with E-state index in [1.165, 1.54) is 30.3 Å². The number of carboxylic acid groups (broad SMARTS) is 1. The van der Waals surface area contributed by atoms with Crippen molar-refractivity contribution in [3.05, 3.63) is 58.3 Å². The summed E-state index contributed by atoms with van der Waals surface area (Å²) in [5, 5.41) is 8.84. The molecular weight excluding hydrogens is 303 g/mol. The van der Waals surface area contributed by atoms with Crippen molar-refractivity contribution in [2.24, 2.45) is 0 Å². The SMILES string of the molecule is O=C(O)c1cccc(Oc2cc(Br)ccc2F)c1. The number of carboxylic acids is 1. The molecule has 2 aromatic rings. The fourth-order valence-corrected chi connectivity index (χ4v) is 1.72. The van der Waals surface area contributed by atoms with Gasteiger partial charge in [0.15, 0.2) is 11.6 Å². The van der Waals surface area contributed by atoms with Crippen molar-refractivity contribution in [1.82, 2.24) is 0 Å². The van der Waals surface area contributed by atoms with Crippen molar-refractivity contribution in [2.75, 3.05) is 0 Å². The molecular formula is C13H8BrFO3. The summed E-state index contributed by atoms with van der Waals surface area (Å²) in [5.74, 6) is -1.27. The highest BCUT2D eigenvalue weighted by atomic mass is 79.9. The molecule has 1 N–H and O–H groups in total. The molecule has 0 saturated heterocycles. The van der Waals surface area contributed by atoms with E-state index in [2.05, 4.69) is 15.9 Å². The third kappa shape index (κ3) is 2.87. The summed E-state index contributed by atoms with van der Waals surface area (Å²) in [4.78, 5) is 10.8. The molecule has 2 aromatic carbocycles. The molecule has 92 valence electrons. The van der Waals surface area contributed by atoms with Crippen LogP contribution in [0.4, 0.5) is 4.39 Å². The number of aromatic carboxylic acids is 1. The molecule has 0 saturated carbocycles. The summed E-state index contributed by atoms with van der Waals surface area (Å²) >= 11 is 3.21. The highest BCUT2D eigenvalue weighted by Crippen LogP contribution is 2.27. The number of benzene rings is 2. The van der Waals surface area contributed by atoms with Crippen LogP contribution in [-0.4, -0.2) is 11.1 Å². The van der Waals surface area contributed by atoms with Crippen molar-refractivity contribution < 1.29 is 19.0 Å².